The maximum atomic E-state index is 12.8. The third kappa shape index (κ3) is 2.76. The van der Waals surface area contributed by atoms with Gasteiger partial charge in [0, 0.05) is 7.05 Å². The largest absolute Gasteiger partial charge is 0.391 e. The molecule has 1 saturated carbocycles. The topological polar surface area (TPSA) is 57.6 Å². The molecule has 1 aliphatic carbocycles. The number of aliphatic hydroxyl groups excluding tert-OH is 1. The van der Waals surface area contributed by atoms with Crippen LogP contribution in [0.3, 0.4) is 0 Å². The molecule has 118 valence electrons. The fraction of sp³-hybridized carbons (Fsp3) is 0.412. The number of sulfonamides is 1. The lowest BCUT2D eigenvalue weighted by molar-refractivity contribution is 0.0638. The Labute approximate surface area is 131 Å². The molecule has 0 spiro atoms. The summed E-state index contributed by atoms with van der Waals surface area (Å²) in [5.74, 6) is 0. The molecule has 1 N–H and O–H groups in total. The molecule has 22 heavy (non-hydrogen) atoms. The first-order valence-electron chi connectivity index (χ1n) is 7.65. The maximum Gasteiger partial charge on any atom is 0.243 e. The first-order valence-corrected chi connectivity index (χ1v) is 9.09. The van der Waals surface area contributed by atoms with Gasteiger partial charge in [0.1, 0.15) is 0 Å². The molecule has 1 fully saturated rings. The van der Waals surface area contributed by atoms with Crippen molar-refractivity contribution in [1.82, 2.24) is 4.31 Å². The van der Waals surface area contributed by atoms with Gasteiger partial charge in [-0.1, -0.05) is 43.2 Å². The van der Waals surface area contributed by atoms with Crippen LogP contribution in [-0.4, -0.2) is 37.0 Å². The normalized spacial score (nSPS) is 23.0. The van der Waals surface area contributed by atoms with Crippen molar-refractivity contribution < 1.29 is 13.5 Å². The van der Waals surface area contributed by atoms with Crippen molar-refractivity contribution >= 4 is 20.8 Å². The Bertz CT molecular complexity index is 772. The van der Waals surface area contributed by atoms with Crippen LogP contribution < -0.4 is 0 Å². The minimum Gasteiger partial charge on any atom is -0.391 e. The molecule has 0 radical (unpaired) electrons. The number of fused-ring (bicyclic) bond motifs is 1. The van der Waals surface area contributed by atoms with E-state index in [1.165, 1.54) is 4.31 Å². The van der Waals surface area contributed by atoms with E-state index < -0.39 is 16.1 Å². The zero-order valence-electron chi connectivity index (χ0n) is 12.6. The van der Waals surface area contributed by atoms with Crippen LogP contribution in [0, 0.1) is 0 Å². The lowest BCUT2D eigenvalue weighted by atomic mass is 9.93. The third-order valence-electron chi connectivity index (χ3n) is 4.56. The number of likely N-dealkylation sites (N-methyl/N-ethyl adjacent to an activating group) is 1. The Morgan fingerprint density at radius 2 is 1.73 bits per heavy atom. The predicted octanol–water partition coefficient (Wildman–Crippen LogP) is 2.76. The molecule has 0 unspecified atom stereocenters. The zero-order valence-corrected chi connectivity index (χ0v) is 13.5. The first kappa shape index (κ1) is 15.5. The molecule has 1 aliphatic rings. The fourth-order valence-corrected chi connectivity index (χ4v) is 4.64. The molecule has 0 amide bonds. The van der Waals surface area contributed by atoms with Gasteiger partial charge in [-0.15, -0.1) is 0 Å². The van der Waals surface area contributed by atoms with Crippen molar-refractivity contribution in [2.24, 2.45) is 0 Å². The molecular weight excluding hydrogens is 298 g/mol. The summed E-state index contributed by atoms with van der Waals surface area (Å²) in [5.41, 5.74) is 0. The molecule has 0 aliphatic heterocycles. The van der Waals surface area contributed by atoms with E-state index in [9.17, 15) is 13.5 Å². The number of nitrogens with zero attached hydrogens (tertiary/aromatic N) is 1. The van der Waals surface area contributed by atoms with Gasteiger partial charge in [-0.3, -0.25) is 0 Å². The van der Waals surface area contributed by atoms with Crippen LogP contribution in [0.15, 0.2) is 47.4 Å². The second kappa shape index (κ2) is 5.99. The predicted molar refractivity (Wildman–Crippen MR) is 87.2 cm³/mol. The highest BCUT2D eigenvalue weighted by atomic mass is 32.2. The van der Waals surface area contributed by atoms with Crippen LogP contribution >= 0.6 is 0 Å². The van der Waals surface area contributed by atoms with E-state index in [0.29, 0.717) is 12.8 Å². The van der Waals surface area contributed by atoms with Crippen molar-refractivity contribution in [3.63, 3.8) is 0 Å². The average molecular weight is 319 g/mol. The summed E-state index contributed by atoms with van der Waals surface area (Å²) in [4.78, 5) is 0.284. The highest BCUT2D eigenvalue weighted by molar-refractivity contribution is 7.89. The Hall–Kier alpha value is -1.43. The van der Waals surface area contributed by atoms with Crippen LogP contribution in [0.1, 0.15) is 25.7 Å². The Kier molecular flexibility index (Phi) is 4.21. The SMILES string of the molecule is CN([C@H]1CCCC[C@H]1O)S(=O)(=O)c1ccc2ccccc2c1. The molecule has 4 nitrogen and oxygen atoms in total. The fourth-order valence-electron chi connectivity index (χ4n) is 3.19. The third-order valence-corrected chi connectivity index (χ3v) is 6.44. The summed E-state index contributed by atoms with van der Waals surface area (Å²) in [6.07, 6.45) is 2.72. The van der Waals surface area contributed by atoms with Gasteiger partial charge in [0.25, 0.3) is 0 Å². The van der Waals surface area contributed by atoms with E-state index in [4.69, 9.17) is 0 Å². The van der Waals surface area contributed by atoms with E-state index >= 15 is 0 Å². The van der Waals surface area contributed by atoms with E-state index in [-0.39, 0.29) is 10.9 Å². The van der Waals surface area contributed by atoms with Gasteiger partial charge in [-0.2, -0.15) is 4.31 Å². The number of benzene rings is 2. The Balaban J connectivity index is 1.96. The van der Waals surface area contributed by atoms with Crippen molar-refractivity contribution in [2.45, 2.75) is 42.7 Å². The molecule has 5 heteroatoms. The van der Waals surface area contributed by atoms with E-state index in [1.807, 2.05) is 30.3 Å². The van der Waals surface area contributed by atoms with Gasteiger partial charge < -0.3 is 5.11 Å². The highest BCUT2D eigenvalue weighted by Crippen LogP contribution is 2.28. The monoisotopic (exact) mass is 319 g/mol. The summed E-state index contributed by atoms with van der Waals surface area (Å²) in [7, 11) is -2.02. The van der Waals surface area contributed by atoms with E-state index in [2.05, 4.69) is 0 Å². The van der Waals surface area contributed by atoms with Crippen LogP contribution in [-0.2, 0) is 10.0 Å². The second-order valence-corrected chi connectivity index (χ2v) is 7.95. The highest BCUT2D eigenvalue weighted by Gasteiger charge is 2.34. The van der Waals surface area contributed by atoms with Crippen LogP contribution in [0.4, 0.5) is 0 Å². The molecule has 0 aromatic heterocycles. The number of hydrogen-bond donors (Lipinski definition) is 1. The van der Waals surface area contributed by atoms with Gasteiger partial charge in [-0.25, -0.2) is 8.42 Å². The van der Waals surface area contributed by atoms with E-state index in [1.54, 1.807) is 19.2 Å². The number of rotatable bonds is 3. The van der Waals surface area contributed by atoms with Gasteiger partial charge in [0.2, 0.25) is 10.0 Å². The van der Waals surface area contributed by atoms with Gasteiger partial charge >= 0.3 is 0 Å². The van der Waals surface area contributed by atoms with Gasteiger partial charge in [0.15, 0.2) is 0 Å². The summed E-state index contributed by atoms with van der Waals surface area (Å²) in [5, 5.41) is 12.0. The first-order chi connectivity index (χ1) is 10.5. The average Bonchev–Trinajstić information content (AvgIpc) is 2.54. The summed E-state index contributed by atoms with van der Waals surface area (Å²) >= 11 is 0. The minimum atomic E-state index is -3.59. The van der Waals surface area contributed by atoms with E-state index in [0.717, 1.165) is 23.6 Å². The second-order valence-electron chi connectivity index (χ2n) is 5.95. The molecule has 0 saturated heterocycles. The number of hydrogen-bond acceptors (Lipinski definition) is 3. The molecular formula is C17H21NO3S. The van der Waals surface area contributed by atoms with Crippen LogP contribution in [0.2, 0.25) is 0 Å². The lowest BCUT2D eigenvalue weighted by Crippen LogP contribution is -2.46. The summed E-state index contributed by atoms with van der Waals surface area (Å²) in [6.45, 7) is 0. The van der Waals surface area contributed by atoms with Crippen molar-refractivity contribution in [2.75, 3.05) is 7.05 Å². The van der Waals surface area contributed by atoms with Crippen molar-refractivity contribution in [3.8, 4) is 0 Å². The van der Waals surface area contributed by atoms with Crippen molar-refractivity contribution in [1.29, 1.82) is 0 Å². The summed E-state index contributed by atoms with van der Waals surface area (Å²) < 4.78 is 27.0. The molecule has 0 bridgehead atoms. The Morgan fingerprint density at radius 3 is 2.45 bits per heavy atom. The van der Waals surface area contributed by atoms with Crippen LogP contribution in [0.5, 0.6) is 0 Å². The maximum absolute atomic E-state index is 12.8. The summed E-state index contributed by atoms with van der Waals surface area (Å²) in [6, 6.07) is 12.5. The van der Waals surface area contributed by atoms with Crippen molar-refractivity contribution in [3.05, 3.63) is 42.5 Å². The number of aliphatic hydroxyl groups is 1. The smallest absolute Gasteiger partial charge is 0.243 e. The lowest BCUT2D eigenvalue weighted by Gasteiger charge is -2.34. The van der Waals surface area contributed by atoms with Crippen LogP contribution in [0.25, 0.3) is 10.8 Å². The molecule has 2 aromatic carbocycles. The zero-order chi connectivity index (χ0) is 15.7. The Morgan fingerprint density at radius 1 is 1.05 bits per heavy atom. The molecule has 0 heterocycles. The minimum absolute atomic E-state index is 0.284. The molecule has 3 rings (SSSR count). The molecule has 2 aromatic rings. The molecule has 2 atom stereocenters. The van der Waals surface area contributed by atoms with Gasteiger partial charge in [0.05, 0.1) is 17.0 Å². The standard InChI is InChI=1S/C17H21NO3S/c1-18(16-8-4-5-9-17(16)19)22(20,21)15-11-10-13-6-2-3-7-14(13)12-15/h2-3,6-7,10-12,16-17,19H,4-5,8-9H2,1H3/t16-,17+/m0/s1. The quantitative estimate of drug-likeness (QED) is 0.946. The van der Waals surface area contributed by atoms with Gasteiger partial charge in [-0.05, 0) is 35.7 Å².